The second kappa shape index (κ2) is 3.67. The Balaban J connectivity index is 3.36. The van der Waals surface area contributed by atoms with Gasteiger partial charge in [-0.15, -0.1) is 0 Å². The van der Waals surface area contributed by atoms with Gasteiger partial charge in [0.25, 0.3) is 0 Å². The van der Waals surface area contributed by atoms with Gasteiger partial charge < -0.3 is 0 Å². The molecule has 0 saturated heterocycles. The van der Waals surface area contributed by atoms with Gasteiger partial charge in [-0.3, -0.25) is 4.79 Å². The lowest BCUT2D eigenvalue weighted by Crippen LogP contribution is -1.90. The van der Waals surface area contributed by atoms with Crippen LogP contribution in [0.15, 0.2) is 16.6 Å². The minimum Gasteiger partial charge on any atom is -0.298 e. The molecule has 0 unspecified atom stereocenters. The first-order chi connectivity index (χ1) is 5.16. The molecule has 0 radical (unpaired) electrons. The quantitative estimate of drug-likeness (QED) is 0.573. The Morgan fingerprint density at radius 2 is 2.18 bits per heavy atom. The molecule has 0 bridgehead atoms. The Kier molecular flexibility index (Phi) is 3.06. The Morgan fingerprint density at radius 3 is 2.73 bits per heavy atom. The van der Waals surface area contributed by atoms with Crippen LogP contribution in [0.2, 0.25) is 0 Å². The molecule has 0 saturated carbocycles. The summed E-state index contributed by atoms with van der Waals surface area (Å²) in [7, 11) is 0. The lowest BCUT2D eigenvalue weighted by Gasteiger charge is -2.02. The molecule has 11 heavy (non-hydrogen) atoms. The molecule has 0 atom stereocenters. The lowest BCUT2D eigenvalue weighted by molar-refractivity contribution is 0.112. The van der Waals surface area contributed by atoms with Gasteiger partial charge >= 0.3 is 0 Å². The molecule has 1 aromatic carbocycles. The normalized spacial score (nSPS) is 9.73. The third-order valence-electron chi connectivity index (χ3n) is 1.51. The van der Waals surface area contributed by atoms with E-state index in [4.69, 9.17) is 0 Å². The summed E-state index contributed by atoms with van der Waals surface area (Å²) in [5.74, 6) is 0. The van der Waals surface area contributed by atoms with E-state index in [0.29, 0.717) is 0 Å². The van der Waals surface area contributed by atoms with Gasteiger partial charge in [0, 0.05) is 13.6 Å². The summed E-state index contributed by atoms with van der Waals surface area (Å²) in [4.78, 5) is 10.5. The van der Waals surface area contributed by atoms with Gasteiger partial charge in [0.2, 0.25) is 0 Å². The molecule has 0 spiro atoms. The third kappa shape index (κ3) is 1.82. The van der Waals surface area contributed by atoms with E-state index in [1.807, 2.05) is 19.1 Å². The molecule has 1 rings (SSSR count). The largest absolute Gasteiger partial charge is 0.298 e. The highest BCUT2D eigenvalue weighted by molar-refractivity contribution is 14.1. The summed E-state index contributed by atoms with van der Waals surface area (Å²) < 4.78 is 2.15. The summed E-state index contributed by atoms with van der Waals surface area (Å²) in [6.45, 7) is 1.94. The van der Waals surface area contributed by atoms with Crippen LogP contribution in [0, 0.1) is 10.5 Å². The predicted octanol–water partition coefficient (Wildman–Crippen LogP) is 3.17. The SMILES string of the molecule is Cc1c(C=O)ccc(Br)c1I. The van der Waals surface area contributed by atoms with Gasteiger partial charge in [0.05, 0.1) is 0 Å². The van der Waals surface area contributed by atoms with Crippen molar-refractivity contribution < 1.29 is 4.79 Å². The van der Waals surface area contributed by atoms with Crippen LogP contribution in [0.5, 0.6) is 0 Å². The van der Waals surface area contributed by atoms with Gasteiger partial charge in [-0.2, -0.15) is 0 Å². The first-order valence-electron chi connectivity index (χ1n) is 3.06. The van der Waals surface area contributed by atoms with Crippen LogP contribution < -0.4 is 0 Å². The molecule has 0 aliphatic heterocycles. The number of hydrogen-bond donors (Lipinski definition) is 0. The highest BCUT2D eigenvalue weighted by atomic mass is 127. The molecule has 0 aromatic heterocycles. The Morgan fingerprint density at radius 1 is 1.55 bits per heavy atom. The average Bonchev–Trinajstić information content (AvgIpc) is 2.01. The van der Waals surface area contributed by atoms with Crippen LogP contribution in [0.25, 0.3) is 0 Å². The maximum absolute atomic E-state index is 10.5. The Bertz CT molecular complexity index is 296. The number of carbonyl (C=O) groups excluding carboxylic acids is 1. The van der Waals surface area contributed by atoms with Crippen molar-refractivity contribution in [3.8, 4) is 0 Å². The number of aldehydes is 1. The van der Waals surface area contributed by atoms with E-state index in [9.17, 15) is 4.79 Å². The van der Waals surface area contributed by atoms with Crippen LogP contribution in [-0.2, 0) is 0 Å². The molecule has 0 N–H and O–H groups in total. The van der Waals surface area contributed by atoms with Crippen molar-refractivity contribution in [3.05, 3.63) is 31.3 Å². The molecule has 1 nitrogen and oxygen atoms in total. The lowest BCUT2D eigenvalue weighted by atomic mass is 10.1. The molecule has 0 fully saturated rings. The topological polar surface area (TPSA) is 17.1 Å². The molecule has 0 aliphatic carbocycles. The van der Waals surface area contributed by atoms with Gasteiger partial charge in [-0.05, 0) is 57.1 Å². The summed E-state index contributed by atoms with van der Waals surface area (Å²) in [6, 6.07) is 3.70. The minimum absolute atomic E-state index is 0.762. The van der Waals surface area contributed by atoms with Crippen molar-refractivity contribution in [2.45, 2.75) is 6.92 Å². The van der Waals surface area contributed by atoms with E-state index in [1.54, 1.807) is 0 Å². The first kappa shape index (κ1) is 9.19. The van der Waals surface area contributed by atoms with E-state index in [1.165, 1.54) is 0 Å². The van der Waals surface area contributed by atoms with Crippen LogP contribution in [0.1, 0.15) is 15.9 Å². The van der Waals surface area contributed by atoms with Crippen LogP contribution in [0.4, 0.5) is 0 Å². The minimum atomic E-state index is 0.762. The van der Waals surface area contributed by atoms with Crippen molar-refractivity contribution in [1.82, 2.24) is 0 Å². The van der Waals surface area contributed by atoms with Crippen LogP contribution in [-0.4, -0.2) is 6.29 Å². The van der Waals surface area contributed by atoms with E-state index < -0.39 is 0 Å². The molecule has 0 amide bonds. The Hall–Kier alpha value is 0.1000. The van der Waals surface area contributed by atoms with Gasteiger partial charge in [0.15, 0.2) is 0 Å². The summed E-state index contributed by atoms with van der Waals surface area (Å²) in [5.41, 5.74) is 1.80. The second-order valence-corrected chi connectivity index (χ2v) is 4.13. The molecular weight excluding hydrogens is 319 g/mol. The highest BCUT2D eigenvalue weighted by Crippen LogP contribution is 2.23. The number of carbonyl (C=O) groups is 1. The highest BCUT2D eigenvalue weighted by Gasteiger charge is 2.03. The zero-order valence-corrected chi connectivity index (χ0v) is 9.64. The van der Waals surface area contributed by atoms with E-state index in [0.717, 1.165) is 25.5 Å². The smallest absolute Gasteiger partial charge is 0.150 e. The maximum atomic E-state index is 10.5. The first-order valence-corrected chi connectivity index (χ1v) is 4.93. The fourth-order valence-corrected chi connectivity index (χ4v) is 1.72. The zero-order valence-electron chi connectivity index (χ0n) is 5.90. The van der Waals surface area contributed by atoms with Crippen molar-refractivity contribution in [2.75, 3.05) is 0 Å². The summed E-state index contributed by atoms with van der Waals surface area (Å²) >= 11 is 5.60. The Labute approximate surface area is 87.5 Å². The number of rotatable bonds is 1. The fraction of sp³-hybridized carbons (Fsp3) is 0.125. The van der Waals surface area contributed by atoms with E-state index >= 15 is 0 Å². The maximum Gasteiger partial charge on any atom is 0.150 e. The van der Waals surface area contributed by atoms with E-state index in [2.05, 4.69) is 38.5 Å². The molecule has 3 heteroatoms. The number of benzene rings is 1. The zero-order chi connectivity index (χ0) is 8.43. The van der Waals surface area contributed by atoms with Crippen molar-refractivity contribution in [1.29, 1.82) is 0 Å². The van der Waals surface area contributed by atoms with Gasteiger partial charge in [0.1, 0.15) is 6.29 Å². The van der Waals surface area contributed by atoms with Crippen LogP contribution in [0.3, 0.4) is 0 Å². The summed E-state index contributed by atoms with van der Waals surface area (Å²) in [5, 5.41) is 0. The molecule has 58 valence electrons. The second-order valence-electron chi connectivity index (χ2n) is 2.19. The number of hydrogen-bond acceptors (Lipinski definition) is 1. The van der Waals surface area contributed by atoms with Crippen molar-refractivity contribution in [2.24, 2.45) is 0 Å². The standard InChI is InChI=1S/C8H6BrIO/c1-5-6(4-11)2-3-7(9)8(5)10/h2-4H,1H3. The molecule has 1 aromatic rings. The molecule has 0 heterocycles. The predicted molar refractivity (Wildman–Crippen MR) is 57.0 cm³/mol. The van der Waals surface area contributed by atoms with Crippen molar-refractivity contribution in [3.63, 3.8) is 0 Å². The summed E-state index contributed by atoms with van der Waals surface area (Å²) in [6.07, 6.45) is 0.879. The van der Waals surface area contributed by atoms with Crippen LogP contribution >= 0.6 is 38.5 Å². The van der Waals surface area contributed by atoms with Gasteiger partial charge in [-0.25, -0.2) is 0 Å². The molecular formula is C8H6BrIO. The monoisotopic (exact) mass is 324 g/mol. The van der Waals surface area contributed by atoms with Gasteiger partial charge in [-0.1, -0.05) is 6.07 Å². The van der Waals surface area contributed by atoms with Crippen molar-refractivity contribution >= 4 is 44.8 Å². The van der Waals surface area contributed by atoms with E-state index in [-0.39, 0.29) is 0 Å². The fourth-order valence-electron chi connectivity index (χ4n) is 0.795. The molecule has 0 aliphatic rings. The number of halogens is 2. The third-order valence-corrected chi connectivity index (χ3v) is 4.30. The average molecular weight is 325 g/mol.